The first-order valence-corrected chi connectivity index (χ1v) is 3.92. The van der Waals surface area contributed by atoms with E-state index in [0.29, 0.717) is 11.3 Å². The van der Waals surface area contributed by atoms with E-state index in [9.17, 15) is 4.79 Å². The van der Waals surface area contributed by atoms with Crippen LogP contribution in [0, 0.1) is 0 Å². The molecule has 0 spiro atoms. The van der Waals surface area contributed by atoms with Gasteiger partial charge in [0.05, 0.1) is 17.9 Å². The van der Waals surface area contributed by atoms with E-state index in [1.54, 1.807) is 12.1 Å². The molecule has 0 aliphatic heterocycles. The number of rotatable bonds is 2. The van der Waals surface area contributed by atoms with Crippen LogP contribution in [0.5, 0.6) is 0 Å². The fourth-order valence-corrected chi connectivity index (χ4v) is 0.902. The summed E-state index contributed by atoms with van der Waals surface area (Å²) in [5.74, 6) is -0.211. The van der Waals surface area contributed by atoms with Crippen LogP contribution in [0.25, 0.3) is 0 Å². The molecule has 0 saturated carbocycles. The highest BCUT2D eigenvalue weighted by Crippen LogP contribution is 1.99. The van der Waals surface area contributed by atoms with Gasteiger partial charge in [0.15, 0.2) is 0 Å². The summed E-state index contributed by atoms with van der Waals surface area (Å²) in [6.45, 7) is -0.108. The molecule has 2 radical (unpaired) electrons. The van der Waals surface area contributed by atoms with Gasteiger partial charge in [-0.15, -0.1) is 0 Å². The van der Waals surface area contributed by atoms with Crippen molar-refractivity contribution in [1.82, 2.24) is 9.28 Å². The number of carbonyl (C=O) groups is 1. The largest absolute Gasteiger partial charge is 0.459 e. The zero-order chi connectivity index (χ0) is 8.97. The lowest BCUT2D eigenvalue weighted by Crippen LogP contribution is -2.19. The van der Waals surface area contributed by atoms with E-state index < -0.39 is 0 Å². The molecule has 2 N–H and O–H groups in total. The number of nitrogens with one attached hydrogen (secondary N) is 1. The van der Waals surface area contributed by atoms with Crippen LogP contribution in [0.4, 0.5) is 0 Å². The second kappa shape index (κ2) is 4.22. The summed E-state index contributed by atoms with van der Waals surface area (Å²) in [4.78, 5) is 14.8. The number of pyridine rings is 1. The second-order valence-corrected chi connectivity index (χ2v) is 2.46. The summed E-state index contributed by atoms with van der Waals surface area (Å²) in [5, 5.41) is 8.66. The van der Waals surface area contributed by atoms with Crippen molar-refractivity contribution in [3.8, 4) is 0 Å². The van der Waals surface area contributed by atoms with Crippen molar-refractivity contribution in [1.29, 1.82) is 0 Å². The predicted molar refractivity (Wildman–Crippen MR) is 43.4 cm³/mol. The SMILES string of the molecule is O=C([NH][Al])c1ccc(CO)nc1. The first-order chi connectivity index (χ1) is 5.77. The van der Waals surface area contributed by atoms with Gasteiger partial charge in [0.2, 0.25) is 5.91 Å². The summed E-state index contributed by atoms with van der Waals surface area (Å²) in [6.07, 6.45) is 1.42. The smallest absolute Gasteiger partial charge is 0.310 e. The van der Waals surface area contributed by atoms with Crippen molar-refractivity contribution in [2.75, 3.05) is 0 Å². The Labute approximate surface area is 78.3 Å². The van der Waals surface area contributed by atoms with Gasteiger partial charge in [-0.25, -0.2) is 0 Å². The summed E-state index contributed by atoms with van der Waals surface area (Å²) in [6, 6.07) is 3.22. The van der Waals surface area contributed by atoms with E-state index in [4.69, 9.17) is 5.11 Å². The van der Waals surface area contributed by atoms with Crippen LogP contribution in [-0.2, 0) is 6.61 Å². The molecule has 0 aliphatic carbocycles. The summed E-state index contributed by atoms with van der Waals surface area (Å²) < 4.78 is 2.39. The lowest BCUT2D eigenvalue weighted by molar-refractivity contribution is 0.0981. The molecule has 4 nitrogen and oxygen atoms in total. The first-order valence-electron chi connectivity index (χ1n) is 3.34. The predicted octanol–water partition coefficient (Wildman–Crippen LogP) is -0.613. The van der Waals surface area contributed by atoms with E-state index >= 15 is 0 Å². The maximum Gasteiger partial charge on any atom is 0.310 e. The molecular formula is C7H7AlN2O2. The number of aliphatic hydroxyl groups excluding tert-OH is 1. The average Bonchev–Trinajstić information content (AvgIpc) is 2.17. The molecule has 0 saturated heterocycles. The van der Waals surface area contributed by atoms with Crippen LogP contribution in [0.2, 0.25) is 0 Å². The Morgan fingerprint density at radius 2 is 2.42 bits per heavy atom. The first kappa shape index (κ1) is 9.20. The van der Waals surface area contributed by atoms with E-state index in [2.05, 4.69) is 25.8 Å². The lowest BCUT2D eigenvalue weighted by Gasteiger charge is -2.00. The van der Waals surface area contributed by atoms with Crippen LogP contribution in [0.15, 0.2) is 18.3 Å². The van der Waals surface area contributed by atoms with Gasteiger partial charge in [0, 0.05) is 6.20 Å². The summed E-state index contributed by atoms with van der Waals surface area (Å²) in [5.41, 5.74) is 1.03. The highest BCUT2D eigenvalue weighted by Gasteiger charge is 2.01. The fourth-order valence-electron chi connectivity index (χ4n) is 0.736. The van der Waals surface area contributed by atoms with Crippen LogP contribution in [0.3, 0.4) is 0 Å². The quantitative estimate of drug-likeness (QED) is 0.594. The maximum atomic E-state index is 11.0. The van der Waals surface area contributed by atoms with Gasteiger partial charge < -0.3 is 9.41 Å². The molecule has 1 aromatic heterocycles. The lowest BCUT2D eigenvalue weighted by atomic mass is 10.2. The molecule has 0 aliphatic rings. The Bertz CT molecular complexity index is 273. The minimum atomic E-state index is -0.211. The Morgan fingerprint density at radius 3 is 2.83 bits per heavy atom. The molecular weight excluding hydrogens is 171 g/mol. The van der Waals surface area contributed by atoms with Gasteiger partial charge in [-0.05, 0) is 12.1 Å². The molecule has 5 heteroatoms. The van der Waals surface area contributed by atoms with Crippen molar-refractivity contribution in [3.63, 3.8) is 0 Å². The third-order valence-electron chi connectivity index (χ3n) is 1.38. The third-order valence-corrected chi connectivity index (χ3v) is 1.64. The van der Waals surface area contributed by atoms with Crippen molar-refractivity contribution in [3.05, 3.63) is 29.6 Å². The Morgan fingerprint density at radius 1 is 1.67 bits per heavy atom. The van der Waals surface area contributed by atoms with Crippen LogP contribution in [0.1, 0.15) is 16.1 Å². The maximum absolute atomic E-state index is 11.0. The molecule has 0 fully saturated rings. The number of amides is 1. The molecule has 1 rings (SSSR count). The average molecular weight is 178 g/mol. The van der Waals surface area contributed by atoms with Crippen LogP contribution >= 0.6 is 0 Å². The summed E-state index contributed by atoms with van der Waals surface area (Å²) in [7, 11) is 0. The molecule has 0 aromatic carbocycles. The standard InChI is InChI=1S/C7H8N2O2.Al/c8-7(11)5-1-2-6(4-10)9-3-5;/h1-3,10H,4H2,(H2,8,11);/q;+1/p-1. The minimum Gasteiger partial charge on any atom is -0.459 e. The van der Waals surface area contributed by atoms with Crippen LogP contribution in [-0.4, -0.2) is 32.5 Å². The molecule has 1 aromatic rings. The molecule has 0 unspecified atom stereocenters. The molecule has 12 heavy (non-hydrogen) atoms. The van der Waals surface area contributed by atoms with Gasteiger partial charge in [-0.2, -0.15) is 0 Å². The number of aliphatic hydroxyl groups is 1. The van der Waals surface area contributed by atoms with Crippen molar-refractivity contribution >= 4 is 22.4 Å². The van der Waals surface area contributed by atoms with E-state index in [-0.39, 0.29) is 12.5 Å². The zero-order valence-corrected chi connectivity index (χ0v) is 7.47. The van der Waals surface area contributed by atoms with Crippen molar-refractivity contribution < 1.29 is 9.90 Å². The van der Waals surface area contributed by atoms with E-state index in [0.717, 1.165) is 0 Å². The molecule has 60 valence electrons. The molecule has 0 atom stereocenters. The number of hydrogen-bond donors (Lipinski definition) is 2. The van der Waals surface area contributed by atoms with Crippen molar-refractivity contribution in [2.24, 2.45) is 0 Å². The van der Waals surface area contributed by atoms with Gasteiger partial charge in [0.1, 0.15) is 0 Å². The summed E-state index contributed by atoms with van der Waals surface area (Å²) >= 11 is 2.11. The van der Waals surface area contributed by atoms with E-state index in [1.807, 2.05) is 0 Å². The Balaban J connectivity index is 2.84. The number of nitrogens with zero attached hydrogens (tertiary/aromatic N) is 1. The molecule has 1 amide bonds. The van der Waals surface area contributed by atoms with Gasteiger partial charge in [-0.1, -0.05) is 0 Å². The Kier molecular flexibility index (Phi) is 3.23. The number of hydrogen-bond acceptors (Lipinski definition) is 3. The highest BCUT2D eigenvalue weighted by molar-refractivity contribution is 6.18. The molecule has 1 heterocycles. The van der Waals surface area contributed by atoms with Crippen LogP contribution < -0.4 is 4.30 Å². The van der Waals surface area contributed by atoms with Gasteiger partial charge in [-0.3, -0.25) is 9.78 Å². The monoisotopic (exact) mass is 178 g/mol. The fraction of sp³-hybridized carbons (Fsp3) is 0.143. The number of aromatic nitrogens is 1. The molecule has 0 bridgehead atoms. The second-order valence-electron chi connectivity index (χ2n) is 2.17. The minimum absolute atomic E-state index is 0.108. The normalized spacial score (nSPS) is 9.42. The topological polar surface area (TPSA) is 62.2 Å². The highest BCUT2D eigenvalue weighted by atomic mass is 27.1. The zero-order valence-electron chi connectivity index (χ0n) is 6.32. The third kappa shape index (κ3) is 2.05. The van der Waals surface area contributed by atoms with E-state index in [1.165, 1.54) is 6.20 Å². The van der Waals surface area contributed by atoms with Crippen molar-refractivity contribution in [2.45, 2.75) is 6.61 Å². The van der Waals surface area contributed by atoms with Gasteiger partial charge in [0.25, 0.3) is 0 Å². The number of carbonyl (C=O) groups excluding carboxylic acids is 1. The van der Waals surface area contributed by atoms with Gasteiger partial charge >= 0.3 is 16.5 Å². The Hall–Kier alpha value is -0.888.